The molecule has 0 radical (unpaired) electrons. The first-order valence-corrected chi connectivity index (χ1v) is 6.02. The quantitative estimate of drug-likeness (QED) is 0.673. The third-order valence-electron chi connectivity index (χ3n) is 2.73. The highest BCUT2D eigenvalue weighted by molar-refractivity contribution is 6.01. The van der Waals surface area contributed by atoms with E-state index < -0.39 is 0 Å². The molecule has 20 heavy (non-hydrogen) atoms. The fraction of sp³-hybridized carbons (Fsp3) is 0.0769. The van der Waals surface area contributed by atoms with Gasteiger partial charge >= 0.3 is 0 Å². The van der Waals surface area contributed by atoms with Gasteiger partial charge in [0.15, 0.2) is 0 Å². The lowest BCUT2D eigenvalue weighted by molar-refractivity contribution is 0.101. The molecule has 1 amide bonds. The van der Waals surface area contributed by atoms with Crippen LogP contribution in [0.4, 0.5) is 5.69 Å². The van der Waals surface area contributed by atoms with E-state index in [9.17, 15) is 4.79 Å². The van der Waals surface area contributed by atoms with Crippen molar-refractivity contribution in [3.8, 4) is 11.3 Å². The lowest BCUT2D eigenvalue weighted by Crippen LogP contribution is -2.13. The van der Waals surface area contributed by atoms with Crippen molar-refractivity contribution in [1.29, 1.82) is 0 Å². The molecule has 0 spiro atoms. The van der Waals surface area contributed by atoms with Crippen LogP contribution >= 0.6 is 0 Å². The second-order valence-corrected chi connectivity index (χ2v) is 4.25. The van der Waals surface area contributed by atoms with Crippen molar-refractivity contribution in [2.75, 3.05) is 5.32 Å². The smallest absolute Gasteiger partial charge is 0.295 e. The Morgan fingerprint density at radius 3 is 2.85 bits per heavy atom. The number of aromatic nitrogens is 5. The molecule has 3 aromatic rings. The van der Waals surface area contributed by atoms with E-state index in [1.54, 1.807) is 19.2 Å². The van der Waals surface area contributed by atoms with E-state index in [2.05, 4.69) is 30.7 Å². The highest BCUT2D eigenvalue weighted by atomic mass is 16.2. The predicted molar refractivity (Wildman–Crippen MR) is 73.1 cm³/mol. The number of nitrogens with zero attached hydrogens (tertiary/aromatic N) is 3. The summed E-state index contributed by atoms with van der Waals surface area (Å²) < 4.78 is 0. The molecule has 0 fully saturated rings. The SMILES string of the molecule is Cc1nc(C(=O)Nc2cccc(-c3ccn[nH]3)c2)n[nH]1. The predicted octanol–water partition coefficient (Wildman–Crippen LogP) is 1.76. The number of amides is 1. The Morgan fingerprint density at radius 1 is 1.25 bits per heavy atom. The number of rotatable bonds is 3. The fourth-order valence-corrected chi connectivity index (χ4v) is 1.81. The Morgan fingerprint density at radius 2 is 2.15 bits per heavy atom. The van der Waals surface area contributed by atoms with Crippen molar-refractivity contribution in [3.05, 3.63) is 48.2 Å². The summed E-state index contributed by atoms with van der Waals surface area (Å²) in [6, 6.07) is 9.30. The third kappa shape index (κ3) is 2.41. The summed E-state index contributed by atoms with van der Waals surface area (Å²) in [6.07, 6.45) is 1.68. The van der Waals surface area contributed by atoms with Crippen LogP contribution in [-0.2, 0) is 0 Å². The lowest BCUT2D eigenvalue weighted by Gasteiger charge is -2.04. The van der Waals surface area contributed by atoms with E-state index >= 15 is 0 Å². The van der Waals surface area contributed by atoms with E-state index in [1.165, 1.54) is 0 Å². The average molecular weight is 268 g/mol. The molecule has 3 rings (SSSR count). The van der Waals surface area contributed by atoms with Crippen LogP contribution in [0.1, 0.15) is 16.4 Å². The number of nitrogens with one attached hydrogen (secondary N) is 3. The molecule has 2 aromatic heterocycles. The minimum atomic E-state index is -0.351. The summed E-state index contributed by atoms with van der Waals surface area (Å²) in [4.78, 5) is 15.9. The van der Waals surface area contributed by atoms with Gasteiger partial charge in [-0.05, 0) is 25.1 Å². The van der Waals surface area contributed by atoms with Gasteiger partial charge in [-0.3, -0.25) is 15.0 Å². The largest absolute Gasteiger partial charge is 0.319 e. The topological polar surface area (TPSA) is 99.3 Å². The molecule has 3 N–H and O–H groups in total. The van der Waals surface area contributed by atoms with Gasteiger partial charge in [0.2, 0.25) is 5.82 Å². The Labute approximate surface area is 114 Å². The van der Waals surface area contributed by atoms with Gasteiger partial charge in [-0.2, -0.15) is 5.10 Å². The van der Waals surface area contributed by atoms with Crippen molar-refractivity contribution in [1.82, 2.24) is 25.4 Å². The number of aryl methyl sites for hydroxylation is 1. The number of aromatic amines is 2. The van der Waals surface area contributed by atoms with Crippen LogP contribution in [0.2, 0.25) is 0 Å². The molecule has 0 saturated carbocycles. The third-order valence-corrected chi connectivity index (χ3v) is 2.73. The number of hydrogen-bond donors (Lipinski definition) is 3. The van der Waals surface area contributed by atoms with Crippen LogP contribution in [0, 0.1) is 6.92 Å². The summed E-state index contributed by atoms with van der Waals surface area (Å²) in [7, 11) is 0. The van der Waals surface area contributed by atoms with E-state index in [1.807, 2.05) is 24.3 Å². The van der Waals surface area contributed by atoms with Crippen molar-refractivity contribution < 1.29 is 4.79 Å². The maximum absolute atomic E-state index is 11.9. The first-order chi connectivity index (χ1) is 9.72. The van der Waals surface area contributed by atoms with Crippen LogP contribution in [-0.4, -0.2) is 31.3 Å². The maximum atomic E-state index is 11.9. The second-order valence-electron chi connectivity index (χ2n) is 4.25. The lowest BCUT2D eigenvalue weighted by atomic mass is 10.1. The van der Waals surface area contributed by atoms with Crippen LogP contribution in [0.25, 0.3) is 11.3 Å². The van der Waals surface area contributed by atoms with E-state index in [4.69, 9.17) is 0 Å². The Hall–Kier alpha value is -2.96. The van der Waals surface area contributed by atoms with Gasteiger partial charge in [0.05, 0.1) is 5.69 Å². The number of H-pyrrole nitrogens is 2. The first kappa shape index (κ1) is 12.1. The molecule has 7 heteroatoms. The number of carbonyl (C=O) groups is 1. The van der Waals surface area contributed by atoms with Crippen molar-refractivity contribution in [2.24, 2.45) is 0 Å². The number of carbonyl (C=O) groups excluding carboxylic acids is 1. The summed E-state index contributed by atoms with van der Waals surface area (Å²) in [5.74, 6) is 0.368. The second kappa shape index (κ2) is 4.96. The average Bonchev–Trinajstić information content (AvgIpc) is 3.10. The van der Waals surface area contributed by atoms with Gasteiger partial charge < -0.3 is 5.32 Å². The van der Waals surface area contributed by atoms with Crippen molar-refractivity contribution >= 4 is 11.6 Å². The molecule has 7 nitrogen and oxygen atoms in total. The number of benzene rings is 1. The zero-order chi connectivity index (χ0) is 13.9. The molecule has 0 saturated heterocycles. The first-order valence-electron chi connectivity index (χ1n) is 6.02. The van der Waals surface area contributed by atoms with Gasteiger partial charge in [-0.15, -0.1) is 5.10 Å². The van der Waals surface area contributed by atoms with Crippen LogP contribution < -0.4 is 5.32 Å². The highest BCUT2D eigenvalue weighted by Gasteiger charge is 2.11. The van der Waals surface area contributed by atoms with Crippen molar-refractivity contribution in [3.63, 3.8) is 0 Å². The van der Waals surface area contributed by atoms with Crippen LogP contribution in [0.3, 0.4) is 0 Å². The van der Waals surface area contributed by atoms with Gasteiger partial charge in [-0.25, -0.2) is 4.98 Å². The number of hydrogen-bond acceptors (Lipinski definition) is 4. The Balaban J connectivity index is 1.81. The molecule has 100 valence electrons. The molecule has 0 bridgehead atoms. The summed E-state index contributed by atoms with van der Waals surface area (Å²) in [5, 5.41) is 16.0. The minimum absolute atomic E-state index is 0.120. The molecule has 0 aliphatic rings. The van der Waals surface area contributed by atoms with Crippen LogP contribution in [0.15, 0.2) is 36.5 Å². The molecule has 0 atom stereocenters. The zero-order valence-electron chi connectivity index (χ0n) is 10.7. The fourth-order valence-electron chi connectivity index (χ4n) is 1.81. The molecule has 1 aromatic carbocycles. The van der Waals surface area contributed by atoms with Gasteiger partial charge in [-0.1, -0.05) is 12.1 Å². The molecular formula is C13H12N6O. The van der Waals surface area contributed by atoms with Crippen molar-refractivity contribution in [2.45, 2.75) is 6.92 Å². The summed E-state index contributed by atoms with van der Waals surface area (Å²) in [6.45, 7) is 1.74. The van der Waals surface area contributed by atoms with Gasteiger partial charge in [0, 0.05) is 17.4 Å². The zero-order valence-corrected chi connectivity index (χ0v) is 10.7. The van der Waals surface area contributed by atoms with Gasteiger partial charge in [0.25, 0.3) is 5.91 Å². The molecule has 0 aliphatic carbocycles. The minimum Gasteiger partial charge on any atom is -0.319 e. The Bertz CT molecular complexity index is 731. The van der Waals surface area contributed by atoms with Crippen LogP contribution in [0.5, 0.6) is 0 Å². The summed E-state index contributed by atoms with van der Waals surface area (Å²) >= 11 is 0. The Kier molecular flexibility index (Phi) is 3.00. The van der Waals surface area contributed by atoms with E-state index in [0.717, 1.165) is 11.3 Å². The molecule has 2 heterocycles. The van der Waals surface area contributed by atoms with E-state index in [-0.39, 0.29) is 11.7 Å². The number of anilines is 1. The highest BCUT2D eigenvalue weighted by Crippen LogP contribution is 2.20. The molecular weight excluding hydrogens is 256 g/mol. The molecule has 0 unspecified atom stereocenters. The van der Waals surface area contributed by atoms with Gasteiger partial charge in [0.1, 0.15) is 5.82 Å². The summed E-state index contributed by atoms with van der Waals surface area (Å²) in [5.41, 5.74) is 2.49. The standard InChI is InChI=1S/C13H12N6O/c1-8-15-12(19-17-8)13(20)16-10-4-2-3-9(7-10)11-5-6-14-18-11/h2-7H,1H3,(H,14,18)(H,16,20)(H,15,17,19). The van der Waals surface area contributed by atoms with E-state index in [0.29, 0.717) is 11.5 Å². The normalized spacial score (nSPS) is 10.4. The molecule has 0 aliphatic heterocycles. The monoisotopic (exact) mass is 268 g/mol. The maximum Gasteiger partial charge on any atom is 0.295 e.